The second-order valence-corrected chi connectivity index (χ2v) is 136. The SMILES string of the molecule is COC(=O)c1c(Oc2ccccc2)c2cc(Cl)ccc2n1CCc1ccc(Cl)cc1.O=C(O)c1c(Oc2ccccc2)c2cc(Cl)ccc2n1CCc1ccc(Cl)cc1.S=S=S=S=S=S=S=S=S=S=S=S=S=S=S=S=S.S=S=S=S=S=S=S=S=S=S=S=S=S=S=S=S=S=S=S=S=S=S=S=S=S=S=S=S=S=S=S=S=S=S=S=S=S=S=S=S=S=S=S=S=S=S=S=S=S=S=S=S=S. The highest BCUT2D eigenvalue weighted by molar-refractivity contribution is 8.84. The molecule has 8 aromatic rings. The highest BCUT2D eigenvalue weighted by atomic mass is 35.5. The van der Waals surface area contributed by atoms with Gasteiger partial charge in [0.05, 0.1) is 18.1 Å². The summed E-state index contributed by atoms with van der Waals surface area (Å²) in [6.45, 7) is 1.03. The monoisotopic (exact) mass is 3100 g/mol. The first-order chi connectivity index (χ1) is 63.4. The Bertz CT molecular complexity index is 8560. The molecule has 0 aliphatic heterocycles. The topological polar surface area (TPSA) is 91.9 Å². The predicted octanol–water partition coefficient (Wildman–Crippen LogP) is 13.3. The van der Waals surface area contributed by atoms with Crippen LogP contribution in [0.1, 0.15) is 32.1 Å². The molecule has 129 heavy (non-hydrogen) atoms. The Morgan fingerprint density at radius 1 is 0.279 bits per heavy atom. The molecule has 8 rings (SSSR count). The molecule has 2 aromatic heterocycles. The largest absolute Gasteiger partial charge is 0.476 e. The van der Waals surface area contributed by atoms with Gasteiger partial charge < -0.3 is 28.5 Å². The Kier molecular flexibility index (Phi) is 92.4. The van der Waals surface area contributed by atoms with Crippen LogP contribution in [0, 0.1) is 0 Å². The highest BCUT2D eigenvalue weighted by Gasteiger charge is 2.27. The molecule has 0 saturated carbocycles. The first kappa shape index (κ1) is 129. The number of nitrogens with zero attached hydrogens (tertiary/aromatic N) is 2. The van der Waals surface area contributed by atoms with Crippen molar-refractivity contribution in [3.05, 3.63) is 188 Å². The fourth-order valence-electron chi connectivity index (χ4n) is 7.48. The lowest BCUT2D eigenvalue weighted by molar-refractivity contribution is 0.0585. The van der Waals surface area contributed by atoms with Crippen molar-refractivity contribution in [1.29, 1.82) is 0 Å². The number of ether oxygens (including phenoxy) is 3. The van der Waals surface area contributed by atoms with E-state index in [1.165, 1.54) is 42.6 Å². The van der Waals surface area contributed by atoms with Gasteiger partial charge in [-0.15, -0.1) is 0 Å². The van der Waals surface area contributed by atoms with Crippen molar-refractivity contribution in [2.75, 3.05) is 7.11 Å². The van der Waals surface area contributed by atoms with E-state index in [2.05, 4.69) is 0 Å². The second-order valence-electron chi connectivity index (χ2n) is 17.9. The molecule has 0 aliphatic rings. The lowest BCUT2D eigenvalue weighted by Crippen LogP contribution is -2.13. The molecule has 0 fully saturated rings. The summed E-state index contributed by atoms with van der Waals surface area (Å²) in [6, 6.07) is 44.4. The van der Waals surface area contributed by atoms with Crippen molar-refractivity contribution in [2.24, 2.45) is 0 Å². The fourth-order valence-corrected chi connectivity index (χ4v) is 178. The molecule has 0 atom stereocenters. The minimum Gasteiger partial charge on any atom is -0.476 e. The van der Waals surface area contributed by atoms with Crippen molar-refractivity contribution in [2.45, 2.75) is 25.9 Å². The minimum absolute atomic E-state index is 0.0973. The van der Waals surface area contributed by atoms with E-state index >= 15 is 0 Å². The van der Waals surface area contributed by atoms with E-state index in [1.54, 1.807) is 263 Å². The number of carboxylic acids is 1. The van der Waals surface area contributed by atoms with Gasteiger partial charge in [0, 0.05) is 675 Å². The van der Waals surface area contributed by atoms with Crippen LogP contribution < -0.4 is 9.47 Å². The summed E-state index contributed by atoms with van der Waals surface area (Å²) in [4.78, 5) is 25.0. The molecule has 0 radical (unpaired) electrons. The summed E-state index contributed by atoms with van der Waals surface area (Å²) in [5.41, 5.74) is 4.22. The Morgan fingerprint density at radius 2 is 0.481 bits per heavy atom. The molecule has 0 saturated heterocycles. The van der Waals surface area contributed by atoms with Gasteiger partial charge in [0.1, 0.15) is 11.5 Å². The number of para-hydroxylation sites is 2. The number of hydrogen-bond acceptors (Lipinski definition) is 9. The van der Waals surface area contributed by atoms with Gasteiger partial charge in [-0.3, -0.25) is 0 Å². The molecule has 0 aliphatic carbocycles. The van der Waals surface area contributed by atoms with Gasteiger partial charge in [0.15, 0.2) is 22.9 Å². The molecular weight excluding hydrogens is 3080 g/mol. The number of carbonyl (C=O) groups is 2. The van der Waals surface area contributed by atoms with Crippen molar-refractivity contribution in [1.82, 2.24) is 9.13 Å². The summed E-state index contributed by atoms with van der Waals surface area (Å²) in [5, 5.41) is 13.8. The molecule has 2 heterocycles. The first-order valence-electron chi connectivity index (χ1n) is 29.8. The van der Waals surface area contributed by atoms with Gasteiger partial charge in [-0.05, 0) is 109 Å². The van der Waals surface area contributed by atoms with Gasteiger partial charge in [0.25, 0.3) is 0 Å². The Balaban J connectivity index is 0.000000328. The van der Waals surface area contributed by atoms with Crippen molar-refractivity contribution in [3.8, 4) is 23.0 Å². The Labute approximate surface area is 970 Å². The zero-order chi connectivity index (χ0) is 92.1. The number of fused-ring (bicyclic) bond motifs is 2. The summed E-state index contributed by atoms with van der Waals surface area (Å²) in [5.74, 6) is 0.383. The molecule has 6 aromatic carbocycles. The van der Waals surface area contributed by atoms with Crippen molar-refractivity contribution >= 4 is 711 Å². The molecule has 1 N–H and O–H groups in total. The average Bonchev–Trinajstić information content (AvgIpc) is 1.61. The van der Waals surface area contributed by atoms with Crippen LogP contribution >= 0.6 is 46.4 Å². The third kappa shape index (κ3) is 66.1. The van der Waals surface area contributed by atoms with E-state index in [1.807, 2.05) is 442 Å². The number of methoxy groups -OCH3 is 1. The van der Waals surface area contributed by atoms with Crippen LogP contribution in [0.3, 0.4) is 0 Å². The zero-order valence-electron chi connectivity index (χ0n) is 60.2. The molecule has 0 spiro atoms. The van der Waals surface area contributed by atoms with Crippen LogP contribution in [0.15, 0.2) is 146 Å². The summed E-state index contributed by atoms with van der Waals surface area (Å²) in [6.07, 6.45) is 1.35. The van der Waals surface area contributed by atoms with Crippen molar-refractivity contribution in [3.63, 3.8) is 0 Å². The van der Waals surface area contributed by atoms with E-state index in [0.717, 1.165) is 27.5 Å². The average molecular weight is 3110 g/mol. The van der Waals surface area contributed by atoms with Gasteiger partial charge in [0.2, 0.25) is 0 Å². The maximum atomic E-state index is 12.8. The number of carboxylic acid groups (broad SMARTS) is 1. The Morgan fingerprint density at radius 3 is 0.690 bits per heavy atom. The van der Waals surface area contributed by atoms with Gasteiger partial charge in [-0.2, -0.15) is 0 Å². The lowest BCUT2D eigenvalue weighted by atomic mass is 10.1. The summed E-state index contributed by atoms with van der Waals surface area (Å²) < 4.78 is 20.9. The molecule has 0 amide bonds. The van der Waals surface area contributed by atoms with Crippen LogP contribution in [0.4, 0.5) is 0 Å². The standard InChI is InChI=1S/C24H19Cl2NO3.C23H17Cl2NO3.S53.S17/c1-29-24(28)22-23(30-19-5-3-2-4-6-19)20-15-18(26)11-12-21(20)27(22)14-13-16-7-9-17(25)10-8-16;24-16-8-6-15(7-9-16)12-13-26-20-11-10-17(25)14-19(20)22(21(26)23(27)28)29-18-4-2-1-3-5-18;1-3-5-7-9-11-13-15-17-19-21-23-25-27-29-31-33-35-37-39-41-43-45-47-49-51-53-52-50-48-46-44-42-40-38-36-34-32-30-28-26-24-22-20-18-16-14-12-10-8-6-4-2;1-3-5-7-9-11-13-15-17-16-14-12-10-8-6-4-2/h2-12,15H,13-14H2,1H3;1-11,14H,12-13H2,(H,27,28);;. The molecule has 0 bridgehead atoms. The second kappa shape index (κ2) is 92.4. The minimum atomic E-state index is -1.06. The predicted molar refractivity (Wildman–Crippen MR) is 751 cm³/mol. The smallest absolute Gasteiger partial charge is 0.358 e. The first-order valence-corrected chi connectivity index (χ1v) is 122. The van der Waals surface area contributed by atoms with Crippen molar-refractivity contribution < 1.29 is 28.9 Å². The van der Waals surface area contributed by atoms with E-state index in [0.29, 0.717) is 74.4 Å². The number of esters is 1. The number of hydrogen-bond donors (Lipinski definition) is 1. The lowest BCUT2D eigenvalue weighted by Gasteiger charge is -2.11. The van der Waals surface area contributed by atoms with E-state index in [9.17, 15) is 14.7 Å². The van der Waals surface area contributed by atoms with Crippen LogP contribution in [-0.2, 0) is 662 Å². The van der Waals surface area contributed by atoms with E-state index < -0.39 is 11.9 Å². The number of rotatable bonds is 12. The molecular formula is C47H36Cl4N2O6S70. The third-order valence-corrected chi connectivity index (χ3v) is 155. The molecule has 82 heteroatoms. The third-order valence-electron chi connectivity index (χ3n) is 11.3. The summed E-state index contributed by atoms with van der Waals surface area (Å²) in [7, 11) is 118. The number of benzene rings is 6. The van der Waals surface area contributed by atoms with Gasteiger partial charge in [-0.1, -0.05) is 107 Å². The van der Waals surface area contributed by atoms with Crippen LogP contribution in [-0.4, -0.2) is 33.3 Å². The zero-order valence-corrected chi connectivity index (χ0v) is 120. The quantitative estimate of drug-likeness (QED) is 0.119. The maximum Gasteiger partial charge on any atom is 0.358 e. The fraction of sp³-hybridized carbons (Fsp3) is 0.106. The number of aryl methyl sites for hydroxylation is 4. The van der Waals surface area contributed by atoms with Gasteiger partial charge in [-0.25, -0.2) is 9.59 Å². The highest BCUT2D eigenvalue weighted by Crippen LogP contribution is 2.40. The van der Waals surface area contributed by atoms with Crippen LogP contribution in [0.25, 0.3) is 21.8 Å². The van der Waals surface area contributed by atoms with Crippen LogP contribution in [0.5, 0.6) is 23.0 Å². The maximum absolute atomic E-state index is 12.8. The van der Waals surface area contributed by atoms with E-state index in [-0.39, 0.29) is 11.4 Å². The normalized spacial score (nSPS) is 9.16. The van der Waals surface area contributed by atoms with Crippen LogP contribution in [0.2, 0.25) is 20.1 Å². The number of aromatic nitrogens is 2. The Hall–Kier alpha value is 9.50. The summed E-state index contributed by atoms with van der Waals surface area (Å²) >= 11 is 43.5. The number of halogens is 4. The molecule has 0 unspecified atom stereocenters. The number of aromatic carboxylic acids is 1. The molecule has 8 nitrogen and oxygen atoms in total. The van der Waals surface area contributed by atoms with E-state index in [4.69, 9.17) is 105 Å². The molecule has 718 valence electrons. The van der Waals surface area contributed by atoms with Gasteiger partial charge >= 0.3 is 11.9 Å². The number of carbonyl (C=O) groups excluding carboxylic acids is 1.